The van der Waals surface area contributed by atoms with E-state index in [2.05, 4.69) is 20.9 Å². The Labute approximate surface area is 202 Å². The predicted molar refractivity (Wildman–Crippen MR) is 132 cm³/mol. The van der Waals surface area contributed by atoms with Crippen LogP contribution in [-0.2, 0) is 25.6 Å². The van der Waals surface area contributed by atoms with Crippen molar-refractivity contribution in [2.24, 2.45) is 11.7 Å². The molecule has 34 heavy (non-hydrogen) atoms. The summed E-state index contributed by atoms with van der Waals surface area (Å²) in [6.07, 6.45) is 4.28. The smallest absolute Gasteiger partial charge is 0.326 e. The van der Waals surface area contributed by atoms with E-state index in [4.69, 9.17) is 5.73 Å². The van der Waals surface area contributed by atoms with Crippen LogP contribution < -0.4 is 21.7 Å². The van der Waals surface area contributed by atoms with E-state index in [9.17, 15) is 24.3 Å². The second kappa shape index (κ2) is 13.0. The van der Waals surface area contributed by atoms with Crippen molar-refractivity contribution in [3.05, 3.63) is 36.0 Å². The van der Waals surface area contributed by atoms with Crippen LogP contribution >= 0.6 is 11.8 Å². The number of fused-ring (bicyclic) bond motifs is 1. The van der Waals surface area contributed by atoms with Gasteiger partial charge in [-0.15, -0.1) is 0 Å². The van der Waals surface area contributed by atoms with E-state index in [0.29, 0.717) is 18.6 Å². The summed E-state index contributed by atoms with van der Waals surface area (Å²) in [6, 6.07) is 4.83. The van der Waals surface area contributed by atoms with Crippen molar-refractivity contribution in [2.75, 3.05) is 18.6 Å². The van der Waals surface area contributed by atoms with Crippen LogP contribution in [0.5, 0.6) is 0 Å². The lowest BCUT2D eigenvalue weighted by molar-refractivity contribution is -0.143. The van der Waals surface area contributed by atoms with Crippen LogP contribution in [0.25, 0.3) is 10.9 Å². The minimum Gasteiger partial charge on any atom is -0.480 e. The maximum absolute atomic E-state index is 12.6. The number of hydrogen-bond donors (Lipinski definition) is 6. The number of rotatable bonds is 13. The molecule has 3 atom stereocenters. The maximum Gasteiger partial charge on any atom is 0.326 e. The first-order valence-corrected chi connectivity index (χ1v) is 12.4. The third-order valence-electron chi connectivity index (χ3n) is 5.37. The van der Waals surface area contributed by atoms with Crippen LogP contribution in [0.4, 0.5) is 0 Å². The number of hydrogen-bond acceptors (Lipinski definition) is 6. The third-order valence-corrected chi connectivity index (χ3v) is 6.01. The van der Waals surface area contributed by atoms with Crippen molar-refractivity contribution in [3.8, 4) is 0 Å². The molecule has 186 valence electrons. The molecule has 2 aromatic rings. The highest BCUT2D eigenvalue weighted by molar-refractivity contribution is 7.98. The number of H-pyrrole nitrogens is 1. The molecular formula is C23H33N5O5S. The number of carbonyl (C=O) groups excluding carboxylic acids is 3. The predicted octanol–water partition coefficient (Wildman–Crippen LogP) is 0.617. The van der Waals surface area contributed by atoms with Gasteiger partial charge in [-0.2, -0.15) is 11.8 Å². The van der Waals surface area contributed by atoms with Gasteiger partial charge in [-0.1, -0.05) is 32.0 Å². The fourth-order valence-electron chi connectivity index (χ4n) is 3.45. The number of nitrogens with two attached hydrogens (primary N) is 1. The van der Waals surface area contributed by atoms with Crippen molar-refractivity contribution in [2.45, 2.75) is 44.8 Å². The summed E-state index contributed by atoms with van der Waals surface area (Å²) >= 11 is 1.49. The fraction of sp³-hybridized carbons (Fsp3) is 0.478. The van der Waals surface area contributed by atoms with E-state index in [0.717, 1.165) is 16.5 Å². The van der Waals surface area contributed by atoms with Crippen LogP contribution in [0.15, 0.2) is 30.5 Å². The molecule has 7 N–H and O–H groups in total. The first kappa shape index (κ1) is 27.2. The van der Waals surface area contributed by atoms with Crippen LogP contribution in [0.3, 0.4) is 0 Å². The molecule has 0 bridgehead atoms. The zero-order chi connectivity index (χ0) is 25.3. The number of para-hydroxylation sites is 1. The lowest BCUT2D eigenvalue weighted by atomic mass is 10.0. The van der Waals surface area contributed by atoms with E-state index in [1.807, 2.05) is 30.5 Å². The van der Waals surface area contributed by atoms with Crippen LogP contribution in [0.2, 0.25) is 0 Å². The Morgan fingerprint density at radius 1 is 1.12 bits per heavy atom. The molecule has 0 fully saturated rings. The first-order chi connectivity index (χ1) is 16.1. The SMILES string of the molecule is CSCCC(NC(=O)CNC(=O)C(N)Cc1c[nH]c2ccccc12)C(=O)NC(C(=O)O)C(C)C. The number of aliphatic carboxylic acids is 1. The van der Waals surface area contributed by atoms with Gasteiger partial charge >= 0.3 is 5.97 Å². The first-order valence-electron chi connectivity index (χ1n) is 11.0. The molecule has 0 aliphatic carbocycles. The lowest BCUT2D eigenvalue weighted by Gasteiger charge is -2.23. The Bertz CT molecular complexity index is 1010. The normalized spacial score (nSPS) is 13.8. The number of carboxylic acid groups (broad SMARTS) is 1. The summed E-state index contributed by atoms with van der Waals surface area (Å²) in [6.45, 7) is 3.02. The van der Waals surface area contributed by atoms with Crippen molar-refractivity contribution < 1.29 is 24.3 Å². The molecule has 0 spiro atoms. The quantitative estimate of drug-likeness (QED) is 0.239. The van der Waals surface area contributed by atoms with Gasteiger partial charge in [-0.25, -0.2) is 4.79 Å². The van der Waals surface area contributed by atoms with Crippen molar-refractivity contribution in [1.29, 1.82) is 0 Å². The molecule has 10 nitrogen and oxygen atoms in total. The monoisotopic (exact) mass is 491 g/mol. The lowest BCUT2D eigenvalue weighted by Crippen LogP contribution is -2.55. The standard InChI is InChI=1S/C23H33N5O5S/c1-13(2)20(23(32)33)28-22(31)18(8-9-34-3)27-19(29)12-26-21(30)16(24)10-14-11-25-17-7-5-4-6-15(14)17/h4-7,11,13,16,18,20,25H,8-10,12,24H2,1-3H3,(H,26,30)(H,27,29)(H,28,31)(H,32,33). The number of aromatic amines is 1. The average molecular weight is 492 g/mol. The molecule has 11 heteroatoms. The molecule has 2 rings (SSSR count). The van der Waals surface area contributed by atoms with E-state index < -0.39 is 41.8 Å². The summed E-state index contributed by atoms with van der Waals surface area (Å²) in [5.41, 5.74) is 7.88. The highest BCUT2D eigenvalue weighted by atomic mass is 32.2. The Hall–Kier alpha value is -3.05. The number of aromatic nitrogens is 1. The van der Waals surface area contributed by atoms with Crippen LogP contribution in [0, 0.1) is 5.92 Å². The maximum atomic E-state index is 12.6. The minimum absolute atomic E-state index is 0.294. The highest BCUT2D eigenvalue weighted by Crippen LogP contribution is 2.18. The van der Waals surface area contributed by atoms with Gasteiger partial charge in [0.05, 0.1) is 12.6 Å². The molecule has 0 aliphatic heterocycles. The average Bonchev–Trinajstić information content (AvgIpc) is 3.20. The molecule has 0 radical (unpaired) electrons. The van der Waals surface area contributed by atoms with Crippen LogP contribution in [0.1, 0.15) is 25.8 Å². The zero-order valence-corrected chi connectivity index (χ0v) is 20.4. The molecular weight excluding hydrogens is 458 g/mol. The molecule has 1 aromatic carbocycles. The Balaban J connectivity index is 1.90. The summed E-state index contributed by atoms with van der Waals surface area (Å²) in [5.74, 6) is -2.52. The molecule has 0 aliphatic rings. The van der Waals surface area contributed by atoms with Gasteiger partial charge in [-0.3, -0.25) is 14.4 Å². The molecule has 0 saturated carbocycles. The number of benzene rings is 1. The van der Waals surface area contributed by atoms with Crippen molar-refractivity contribution in [3.63, 3.8) is 0 Å². The van der Waals surface area contributed by atoms with Gasteiger partial charge in [0.15, 0.2) is 0 Å². The van der Waals surface area contributed by atoms with Gasteiger partial charge in [0.2, 0.25) is 17.7 Å². The molecule has 1 aromatic heterocycles. The van der Waals surface area contributed by atoms with E-state index in [1.54, 1.807) is 20.0 Å². The number of thioether (sulfide) groups is 1. The van der Waals surface area contributed by atoms with Crippen LogP contribution in [-0.4, -0.2) is 70.5 Å². The number of carboxylic acids is 1. The minimum atomic E-state index is -1.14. The van der Waals surface area contributed by atoms with Crippen molar-refractivity contribution in [1.82, 2.24) is 20.9 Å². The second-order valence-corrected chi connectivity index (χ2v) is 9.34. The van der Waals surface area contributed by atoms with Gasteiger partial charge in [0, 0.05) is 17.1 Å². The zero-order valence-electron chi connectivity index (χ0n) is 19.6. The fourth-order valence-corrected chi connectivity index (χ4v) is 3.92. The molecule has 3 amide bonds. The van der Waals surface area contributed by atoms with Gasteiger partial charge in [-0.05, 0) is 42.4 Å². The van der Waals surface area contributed by atoms with E-state index in [-0.39, 0.29) is 12.5 Å². The van der Waals surface area contributed by atoms with Gasteiger partial charge < -0.3 is 31.8 Å². The number of carbonyl (C=O) groups is 4. The number of amides is 3. The Morgan fingerprint density at radius 3 is 2.47 bits per heavy atom. The molecule has 3 unspecified atom stereocenters. The summed E-state index contributed by atoms with van der Waals surface area (Å²) in [7, 11) is 0. The topological polar surface area (TPSA) is 166 Å². The van der Waals surface area contributed by atoms with Gasteiger partial charge in [0.1, 0.15) is 12.1 Å². The van der Waals surface area contributed by atoms with Gasteiger partial charge in [0.25, 0.3) is 0 Å². The Kier molecular flexibility index (Phi) is 10.4. The summed E-state index contributed by atoms with van der Waals surface area (Å²) < 4.78 is 0. The third kappa shape index (κ3) is 7.77. The number of nitrogens with one attached hydrogen (secondary N) is 4. The second-order valence-electron chi connectivity index (χ2n) is 8.36. The van der Waals surface area contributed by atoms with Crippen molar-refractivity contribution >= 4 is 46.4 Å². The highest BCUT2D eigenvalue weighted by Gasteiger charge is 2.28. The Morgan fingerprint density at radius 2 is 1.82 bits per heavy atom. The van der Waals surface area contributed by atoms with E-state index >= 15 is 0 Å². The summed E-state index contributed by atoms with van der Waals surface area (Å²) in [4.78, 5) is 52.0. The molecule has 0 saturated heterocycles. The molecule has 1 heterocycles. The largest absolute Gasteiger partial charge is 0.480 e. The van der Waals surface area contributed by atoms with E-state index in [1.165, 1.54) is 11.8 Å². The summed E-state index contributed by atoms with van der Waals surface area (Å²) in [5, 5.41) is 17.9.